The van der Waals surface area contributed by atoms with Crippen LogP contribution in [0.5, 0.6) is 5.75 Å². The van der Waals surface area contributed by atoms with E-state index < -0.39 is 11.6 Å². The van der Waals surface area contributed by atoms with Crippen molar-refractivity contribution in [1.82, 2.24) is 5.32 Å². The highest BCUT2D eigenvalue weighted by Gasteiger charge is 2.23. The zero-order chi connectivity index (χ0) is 19.2. The third kappa shape index (κ3) is 5.31. The van der Waals surface area contributed by atoms with Gasteiger partial charge in [0.25, 0.3) is 0 Å². The number of nitrogens with one attached hydrogen (secondary N) is 2. The van der Waals surface area contributed by atoms with Crippen molar-refractivity contribution in [1.29, 1.82) is 0 Å². The van der Waals surface area contributed by atoms with E-state index in [9.17, 15) is 8.78 Å². The van der Waals surface area contributed by atoms with E-state index in [1.807, 2.05) is 35.0 Å². The second-order valence-electron chi connectivity index (χ2n) is 6.65. The number of benzene rings is 2. The van der Waals surface area contributed by atoms with Crippen LogP contribution < -0.4 is 15.4 Å². The average Bonchev–Trinajstić information content (AvgIpc) is 2.70. The summed E-state index contributed by atoms with van der Waals surface area (Å²) in [6.45, 7) is 0. The Balaban J connectivity index is 1.54. The molecule has 0 bridgehead atoms. The van der Waals surface area contributed by atoms with Crippen molar-refractivity contribution < 1.29 is 13.5 Å². The monoisotopic (exact) mass is 485 g/mol. The smallest absolute Gasteiger partial charge is 0.206 e. The van der Waals surface area contributed by atoms with E-state index in [1.165, 1.54) is 17.7 Å². The van der Waals surface area contributed by atoms with E-state index in [2.05, 4.69) is 26.0 Å². The Morgan fingerprint density at radius 3 is 2.37 bits per heavy atom. The van der Waals surface area contributed by atoms with Crippen LogP contribution in [0, 0.1) is 11.6 Å². The minimum absolute atomic E-state index is 0.200. The van der Waals surface area contributed by atoms with E-state index >= 15 is 0 Å². The predicted molar refractivity (Wildman–Crippen MR) is 113 cm³/mol. The van der Waals surface area contributed by atoms with E-state index in [0.29, 0.717) is 11.9 Å². The Bertz CT molecular complexity index is 790. The van der Waals surface area contributed by atoms with E-state index in [1.54, 1.807) is 7.11 Å². The van der Waals surface area contributed by atoms with Crippen LogP contribution in [-0.2, 0) is 0 Å². The Kier molecular flexibility index (Phi) is 6.87. The molecule has 0 heterocycles. The Morgan fingerprint density at radius 1 is 1.07 bits per heavy atom. The van der Waals surface area contributed by atoms with Crippen molar-refractivity contribution in [2.45, 2.75) is 37.6 Å². The molecule has 0 unspecified atom stereocenters. The molecule has 7 heteroatoms. The summed E-state index contributed by atoms with van der Waals surface area (Å²) < 4.78 is 36.2. The largest absolute Gasteiger partial charge is 0.497 e. The van der Waals surface area contributed by atoms with Crippen LogP contribution in [0.2, 0.25) is 0 Å². The number of rotatable bonds is 4. The number of ether oxygens (including phenoxy) is 1. The number of methoxy groups -OCH3 is 1. The highest BCUT2D eigenvalue weighted by molar-refractivity contribution is 14.1. The van der Waals surface area contributed by atoms with Gasteiger partial charge < -0.3 is 15.4 Å². The van der Waals surface area contributed by atoms with Crippen LogP contribution in [0.15, 0.2) is 45.7 Å². The van der Waals surface area contributed by atoms with E-state index in [0.717, 1.165) is 37.5 Å². The van der Waals surface area contributed by atoms with Crippen LogP contribution in [0.25, 0.3) is 0 Å². The fourth-order valence-electron chi connectivity index (χ4n) is 3.44. The van der Waals surface area contributed by atoms with Gasteiger partial charge in [0.1, 0.15) is 17.4 Å². The third-order valence-electron chi connectivity index (χ3n) is 4.92. The van der Waals surface area contributed by atoms with E-state index in [4.69, 9.17) is 4.74 Å². The molecule has 0 saturated heterocycles. The van der Waals surface area contributed by atoms with Gasteiger partial charge >= 0.3 is 0 Å². The lowest BCUT2D eigenvalue weighted by atomic mass is 9.82. The first-order valence-electron chi connectivity index (χ1n) is 8.90. The lowest BCUT2D eigenvalue weighted by molar-refractivity contribution is 0.373. The molecule has 3 rings (SSSR count). The van der Waals surface area contributed by atoms with Crippen molar-refractivity contribution in [3.05, 3.63) is 59.7 Å². The van der Waals surface area contributed by atoms with Gasteiger partial charge in [-0.2, -0.15) is 3.21 Å². The van der Waals surface area contributed by atoms with Crippen LogP contribution in [0.3, 0.4) is 0 Å². The zero-order valence-corrected chi connectivity index (χ0v) is 17.2. The van der Waals surface area contributed by atoms with Gasteiger partial charge in [0.15, 0.2) is 0 Å². The summed E-state index contributed by atoms with van der Waals surface area (Å²) in [4.78, 5) is 0. The van der Waals surface area contributed by atoms with Crippen molar-refractivity contribution >= 4 is 34.5 Å². The third-order valence-corrected chi connectivity index (χ3v) is 5.41. The van der Waals surface area contributed by atoms with Crippen molar-refractivity contribution in [3.63, 3.8) is 0 Å². The van der Waals surface area contributed by atoms with Gasteiger partial charge in [0, 0.05) is 12.1 Å². The lowest BCUT2D eigenvalue weighted by Crippen LogP contribution is -2.40. The number of guanidine groups is 1. The normalized spacial score (nSPS) is 20.2. The number of hydrogen-bond acceptors (Lipinski definition) is 2. The van der Waals surface area contributed by atoms with Crippen molar-refractivity contribution in [2.75, 3.05) is 12.4 Å². The fourth-order valence-corrected chi connectivity index (χ4v) is 3.70. The SMILES string of the molecule is COc1ccc([C@H]2CC[C@@H](N/C(=N/I)Nc3ccc(F)cc3F)CC2)cc1. The summed E-state index contributed by atoms with van der Waals surface area (Å²) in [5.41, 5.74) is 1.54. The first-order chi connectivity index (χ1) is 13.1. The summed E-state index contributed by atoms with van der Waals surface area (Å²) in [6, 6.07) is 12.0. The number of anilines is 1. The molecule has 0 aromatic heterocycles. The Morgan fingerprint density at radius 2 is 1.78 bits per heavy atom. The summed E-state index contributed by atoms with van der Waals surface area (Å²) in [5.74, 6) is 0.648. The molecule has 1 fully saturated rings. The summed E-state index contributed by atoms with van der Waals surface area (Å²) in [5, 5.41) is 6.24. The minimum Gasteiger partial charge on any atom is -0.497 e. The molecule has 2 aromatic rings. The van der Waals surface area contributed by atoms with Gasteiger partial charge in [0.2, 0.25) is 5.96 Å². The van der Waals surface area contributed by atoms with Gasteiger partial charge in [-0.05, 0) is 61.4 Å². The second kappa shape index (κ2) is 9.34. The summed E-state index contributed by atoms with van der Waals surface area (Å²) in [7, 11) is 1.67. The van der Waals surface area contributed by atoms with Gasteiger partial charge in [-0.25, -0.2) is 8.78 Å². The number of nitrogens with zero attached hydrogens (tertiary/aromatic N) is 1. The van der Waals surface area contributed by atoms with Crippen molar-refractivity contribution in [3.8, 4) is 5.75 Å². The molecule has 0 spiro atoms. The highest BCUT2D eigenvalue weighted by Crippen LogP contribution is 2.33. The molecule has 0 radical (unpaired) electrons. The van der Waals surface area contributed by atoms with Crippen molar-refractivity contribution in [2.24, 2.45) is 3.21 Å². The number of hydrogen-bond donors (Lipinski definition) is 2. The minimum atomic E-state index is -0.641. The average molecular weight is 485 g/mol. The summed E-state index contributed by atoms with van der Waals surface area (Å²) >= 11 is 1.87. The first-order valence-corrected chi connectivity index (χ1v) is 9.87. The molecule has 2 N–H and O–H groups in total. The maximum absolute atomic E-state index is 13.8. The molecule has 4 nitrogen and oxygen atoms in total. The molecule has 1 aliphatic rings. The molecule has 1 aliphatic carbocycles. The predicted octanol–water partition coefficient (Wildman–Crippen LogP) is 5.41. The molecule has 0 aliphatic heterocycles. The number of halogens is 3. The molecular weight excluding hydrogens is 463 g/mol. The molecule has 1 saturated carbocycles. The molecule has 2 aromatic carbocycles. The Labute approximate surface area is 171 Å². The topological polar surface area (TPSA) is 45.6 Å². The lowest BCUT2D eigenvalue weighted by Gasteiger charge is -2.30. The fraction of sp³-hybridized carbons (Fsp3) is 0.350. The molecule has 27 heavy (non-hydrogen) atoms. The second-order valence-corrected chi connectivity index (χ2v) is 7.13. The van der Waals surface area contributed by atoms with Gasteiger partial charge in [-0.3, -0.25) is 0 Å². The molecular formula is C20H22F2IN3O. The summed E-state index contributed by atoms with van der Waals surface area (Å²) in [6.07, 6.45) is 4.15. The highest BCUT2D eigenvalue weighted by atomic mass is 127. The molecule has 144 valence electrons. The molecule has 0 amide bonds. The maximum Gasteiger partial charge on any atom is 0.206 e. The Hall–Kier alpha value is -1.90. The van der Waals surface area contributed by atoms with Crippen LogP contribution in [0.4, 0.5) is 14.5 Å². The standard InChI is InChI=1S/C20H22F2IN3O/c1-27-17-9-4-14(5-10-17)13-2-7-16(8-3-13)24-20(26-23)25-19-11-6-15(21)12-18(19)22/h4-6,9-13,16H,2-3,7-8H2,1H3,(H2,24,25,26)/t13-,16+. The zero-order valence-electron chi connectivity index (χ0n) is 15.0. The maximum atomic E-state index is 13.8. The van der Waals surface area contributed by atoms with E-state index in [-0.39, 0.29) is 11.7 Å². The van der Waals surface area contributed by atoms with Gasteiger partial charge in [0.05, 0.1) is 35.7 Å². The molecule has 0 atom stereocenters. The van der Waals surface area contributed by atoms with Crippen LogP contribution in [0.1, 0.15) is 37.2 Å². The van der Waals surface area contributed by atoms with Crippen LogP contribution in [-0.4, -0.2) is 19.1 Å². The van der Waals surface area contributed by atoms with Crippen LogP contribution >= 0.6 is 22.9 Å². The quantitative estimate of drug-likeness (QED) is 0.346. The van der Waals surface area contributed by atoms with Gasteiger partial charge in [-0.1, -0.05) is 12.1 Å². The first kappa shape index (κ1) is 19.9. The van der Waals surface area contributed by atoms with Gasteiger partial charge in [-0.15, -0.1) is 0 Å².